The summed E-state index contributed by atoms with van der Waals surface area (Å²) in [6, 6.07) is 22.3. The molecule has 0 bridgehead atoms. The van der Waals surface area contributed by atoms with Crippen LogP contribution < -0.4 is 0 Å². The molecular weight excluding hydrogens is 258 g/mol. The molecule has 2 atom stereocenters. The number of nitriles is 1. The van der Waals surface area contributed by atoms with Gasteiger partial charge in [0.05, 0.1) is 12.1 Å². The summed E-state index contributed by atoms with van der Waals surface area (Å²) in [5, 5.41) is 16.2. The van der Waals surface area contributed by atoms with E-state index in [1.165, 1.54) is 5.56 Å². The molecule has 3 heteroatoms. The molecule has 0 amide bonds. The number of hydrazone groups is 1. The third-order valence-electron chi connectivity index (χ3n) is 3.78. The fourth-order valence-electron chi connectivity index (χ4n) is 2.79. The van der Waals surface area contributed by atoms with E-state index in [1.807, 2.05) is 60.5 Å². The average Bonchev–Trinajstić information content (AvgIpc) is 2.92. The van der Waals surface area contributed by atoms with Crippen molar-refractivity contribution in [3.8, 4) is 6.07 Å². The Morgan fingerprint density at radius 2 is 1.71 bits per heavy atom. The first-order valence-electron chi connectivity index (χ1n) is 7.11. The van der Waals surface area contributed by atoms with Crippen LogP contribution in [-0.4, -0.2) is 10.7 Å². The lowest BCUT2D eigenvalue weighted by Gasteiger charge is -2.28. The lowest BCUT2D eigenvalue weighted by molar-refractivity contribution is 0.196. The van der Waals surface area contributed by atoms with Crippen LogP contribution in [0.3, 0.4) is 0 Å². The van der Waals surface area contributed by atoms with Gasteiger partial charge in [-0.1, -0.05) is 60.7 Å². The summed E-state index contributed by atoms with van der Waals surface area (Å²) in [6.45, 7) is 2.02. The van der Waals surface area contributed by atoms with Gasteiger partial charge in [-0.05, 0) is 18.1 Å². The van der Waals surface area contributed by atoms with E-state index in [-0.39, 0.29) is 12.1 Å². The highest BCUT2D eigenvalue weighted by molar-refractivity contribution is 5.84. The molecule has 21 heavy (non-hydrogen) atoms. The first-order chi connectivity index (χ1) is 10.3. The molecule has 0 aromatic heterocycles. The molecule has 2 aromatic carbocycles. The largest absolute Gasteiger partial charge is 0.267 e. The van der Waals surface area contributed by atoms with Crippen molar-refractivity contribution in [2.75, 3.05) is 0 Å². The van der Waals surface area contributed by atoms with Crippen LogP contribution in [0.15, 0.2) is 65.8 Å². The predicted molar refractivity (Wildman–Crippen MR) is 83.5 cm³/mol. The van der Waals surface area contributed by atoms with Gasteiger partial charge in [-0.2, -0.15) is 10.4 Å². The summed E-state index contributed by atoms with van der Waals surface area (Å²) >= 11 is 0. The van der Waals surface area contributed by atoms with Crippen LogP contribution in [0.25, 0.3) is 0 Å². The molecule has 0 fully saturated rings. The second kappa shape index (κ2) is 5.80. The number of benzene rings is 2. The van der Waals surface area contributed by atoms with Crippen molar-refractivity contribution in [3.63, 3.8) is 0 Å². The van der Waals surface area contributed by atoms with Crippen molar-refractivity contribution >= 4 is 5.71 Å². The molecule has 0 spiro atoms. The summed E-state index contributed by atoms with van der Waals surface area (Å²) in [5.74, 6) is 0. The fourth-order valence-corrected chi connectivity index (χ4v) is 2.79. The van der Waals surface area contributed by atoms with Crippen molar-refractivity contribution < 1.29 is 0 Å². The second-order valence-corrected chi connectivity index (χ2v) is 5.29. The van der Waals surface area contributed by atoms with Crippen molar-refractivity contribution in [2.24, 2.45) is 5.10 Å². The van der Waals surface area contributed by atoms with Crippen molar-refractivity contribution in [3.05, 3.63) is 71.8 Å². The molecule has 3 rings (SSSR count). The van der Waals surface area contributed by atoms with E-state index in [4.69, 9.17) is 0 Å². The van der Waals surface area contributed by atoms with E-state index in [0.29, 0.717) is 0 Å². The van der Waals surface area contributed by atoms with E-state index < -0.39 is 0 Å². The van der Waals surface area contributed by atoms with Crippen LogP contribution in [0.5, 0.6) is 0 Å². The molecule has 104 valence electrons. The average molecular weight is 275 g/mol. The summed E-state index contributed by atoms with van der Waals surface area (Å²) < 4.78 is 0. The predicted octanol–water partition coefficient (Wildman–Crippen LogP) is 4.07. The monoisotopic (exact) mass is 275 g/mol. The summed E-state index contributed by atoms with van der Waals surface area (Å²) in [7, 11) is 0. The van der Waals surface area contributed by atoms with E-state index in [1.54, 1.807) is 0 Å². The number of rotatable bonds is 3. The number of hydrogen-bond donors (Lipinski definition) is 0. The molecule has 2 aromatic rings. The van der Waals surface area contributed by atoms with Gasteiger partial charge < -0.3 is 0 Å². The van der Waals surface area contributed by atoms with Crippen LogP contribution in [-0.2, 0) is 0 Å². The minimum atomic E-state index is -0.353. The minimum Gasteiger partial charge on any atom is -0.267 e. The Hall–Kier alpha value is -2.60. The molecular formula is C18H17N3. The zero-order chi connectivity index (χ0) is 14.7. The standard InChI is InChI=1S/C18H17N3/c1-14-12-17(15-8-4-2-5-9-15)21(20-14)18(13-19)16-10-6-3-7-11-16/h2-11,17-18H,12H2,1H3/t17-,18-/m1/s1. The Morgan fingerprint density at radius 3 is 2.33 bits per heavy atom. The van der Waals surface area contributed by atoms with Gasteiger partial charge in [-0.25, -0.2) is 0 Å². The Morgan fingerprint density at radius 1 is 1.10 bits per heavy atom. The highest BCUT2D eigenvalue weighted by Crippen LogP contribution is 2.37. The molecule has 3 nitrogen and oxygen atoms in total. The molecule has 0 unspecified atom stereocenters. The number of nitrogens with zero attached hydrogens (tertiary/aromatic N) is 3. The molecule has 0 radical (unpaired) electrons. The maximum atomic E-state index is 9.63. The summed E-state index contributed by atoms with van der Waals surface area (Å²) in [6.07, 6.45) is 0.870. The first kappa shape index (κ1) is 13.4. The zero-order valence-electron chi connectivity index (χ0n) is 12.0. The molecule has 0 saturated heterocycles. The lowest BCUT2D eigenvalue weighted by Crippen LogP contribution is -2.24. The van der Waals surface area contributed by atoms with Crippen LogP contribution >= 0.6 is 0 Å². The topological polar surface area (TPSA) is 39.4 Å². The zero-order valence-corrected chi connectivity index (χ0v) is 12.0. The van der Waals surface area contributed by atoms with Crippen LogP contribution in [0.4, 0.5) is 0 Å². The van der Waals surface area contributed by atoms with Gasteiger partial charge in [0, 0.05) is 12.1 Å². The van der Waals surface area contributed by atoms with E-state index >= 15 is 0 Å². The summed E-state index contributed by atoms with van der Waals surface area (Å²) in [4.78, 5) is 0. The maximum Gasteiger partial charge on any atom is 0.159 e. The van der Waals surface area contributed by atoms with Gasteiger partial charge in [0.15, 0.2) is 6.04 Å². The molecule has 0 aliphatic carbocycles. The van der Waals surface area contributed by atoms with Gasteiger partial charge in [0.25, 0.3) is 0 Å². The van der Waals surface area contributed by atoms with Crippen LogP contribution in [0.2, 0.25) is 0 Å². The SMILES string of the molecule is CC1=NN([C@H](C#N)c2ccccc2)[C@@H](c2ccccc2)C1. The van der Waals surface area contributed by atoms with Crippen molar-refractivity contribution in [2.45, 2.75) is 25.4 Å². The van der Waals surface area contributed by atoms with Crippen LogP contribution in [0, 0.1) is 11.3 Å². The van der Waals surface area contributed by atoms with Crippen molar-refractivity contribution in [1.29, 1.82) is 5.26 Å². The van der Waals surface area contributed by atoms with Crippen LogP contribution in [0.1, 0.15) is 36.6 Å². The van der Waals surface area contributed by atoms with E-state index in [9.17, 15) is 5.26 Å². The molecule has 1 aliphatic rings. The lowest BCUT2D eigenvalue weighted by atomic mass is 9.99. The highest BCUT2D eigenvalue weighted by Gasteiger charge is 2.32. The number of hydrogen-bond acceptors (Lipinski definition) is 3. The Bertz CT molecular complexity index is 671. The van der Waals surface area contributed by atoms with Gasteiger partial charge >= 0.3 is 0 Å². The first-order valence-corrected chi connectivity index (χ1v) is 7.11. The highest BCUT2D eigenvalue weighted by atomic mass is 15.5. The second-order valence-electron chi connectivity index (χ2n) is 5.29. The fraction of sp³-hybridized carbons (Fsp3) is 0.222. The normalized spacial score (nSPS) is 19.0. The van der Waals surface area contributed by atoms with Crippen molar-refractivity contribution in [1.82, 2.24) is 5.01 Å². The molecule has 0 saturated carbocycles. The Balaban J connectivity index is 1.96. The smallest absolute Gasteiger partial charge is 0.159 e. The van der Waals surface area contributed by atoms with Gasteiger partial charge in [-0.3, -0.25) is 5.01 Å². The third kappa shape index (κ3) is 2.66. The maximum absolute atomic E-state index is 9.63. The molecule has 1 heterocycles. The third-order valence-corrected chi connectivity index (χ3v) is 3.78. The molecule has 1 aliphatic heterocycles. The van der Waals surface area contributed by atoms with E-state index in [0.717, 1.165) is 17.7 Å². The Labute approximate surface area is 125 Å². The Kier molecular flexibility index (Phi) is 3.70. The quantitative estimate of drug-likeness (QED) is 0.847. The summed E-state index contributed by atoms with van der Waals surface area (Å²) in [5.41, 5.74) is 3.26. The van der Waals surface area contributed by atoms with Gasteiger partial charge in [-0.15, -0.1) is 0 Å². The van der Waals surface area contributed by atoms with Gasteiger partial charge in [0.1, 0.15) is 0 Å². The molecule has 0 N–H and O–H groups in total. The minimum absolute atomic E-state index is 0.135. The van der Waals surface area contributed by atoms with Gasteiger partial charge in [0.2, 0.25) is 0 Å². The van der Waals surface area contributed by atoms with E-state index in [2.05, 4.69) is 23.3 Å².